The minimum Gasteiger partial charge on any atom is -0.296 e. The van der Waals surface area contributed by atoms with Crippen molar-refractivity contribution in [2.45, 2.75) is 42.9 Å². The molecule has 26 heavy (non-hydrogen) atoms. The van der Waals surface area contributed by atoms with Crippen molar-refractivity contribution in [1.29, 1.82) is 0 Å². The standard InChI is InChI=1S/C17H20N4O3S2/c22-15(18-17-20-19-16(25-17)13-4-5-13)12-6-8-14(9-7-12)26(23,24)21-10-2-1-3-11-21/h6-9,13H,1-5,10-11H2,(H,18,20,22). The second-order valence-corrected chi connectivity index (χ2v) is 9.61. The maximum Gasteiger partial charge on any atom is 0.257 e. The SMILES string of the molecule is O=C(Nc1nnc(C2CC2)s1)c1ccc(S(=O)(=O)N2CCCCC2)cc1. The van der Waals surface area contributed by atoms with E-state index in [0.29, 0.717) is 29.7 Å². The number of carbonyl (C=O) groups is 1. The fourth-order valence-corrected chi connectivity index (χ4v) is 5.41. The maximum absolute atomic E-state index is 12.6. The highest BCUT2D eigenvalue weighted by molar-refractivity contribution is 7.89. The molecule has 0 spiro atoms. The van der Waals surface area contributed by atoms with Gasteiger partial charge in [0.25, 0.3) is 5.91 Å². The van der Waals surface area contributed by atoms with E-state index in [1.54, 1.807) is 0 Å². The van der Waals surface area contributed by atoms with Crippen LogP contribution >= 0.6 is 11.3 Å². The highest BCUT2D eigenvalue weighted by Crippen LogP contribution is 2.42. The van der Waals surface area contributed by atoms with E-state index in [2.05, 4.69) is 15.5 Å². The monoisotopic (exact) mass is 392 g/mol. The van der Waals surface area contributed by atoms with E-state index in [1.165, 1.54) is 39.9 Å². The van der Waals surface area contributed by atoms with Crippen molar-refractivity contribution in [2.24, 2.45) is 0 Å². The number of nitrogens with one attached hydrogen (secondary N) is 1. The molecule has 0 atom stereocenters. The first kappa shape index (κ1) is 17.6. The Bertz CT molecular complexity index is 898. The summed E-state index contributed by atoms with van der Waals surface area (Å²) < 4.78 is 26.8. The fourth-order valence-electron chi connectivity index (χ4n) is 2.98. The van der Waals surface area contributed by atoms with Gasteiger partial charge in [0.1, 0.15) is 5.01 Å². The molecule has 2 aromatic rings. The number of rotatable bonds is 5. The van der Waals surface area contributed by atoms with Crippen LogP contribution < -0.4 is 5.32 Å². The molecule has 9 heteroatoms. The van der Waals surface area contributed by atoms with Crippen LogP contribution in [0, 0.1) is 0 Å². The molecule has 2 fully saturated rings. The molecule has 1 aromatic heterocycles. The third-order valence-electron chi connectivity index (χ3n) is 4.66. The number of amides is 1. The number of hydrogen-bond donors (Lipinski definition) is 1. The molecule has 138 valence electrons. The minimum absolute atomic E-state index is 0.225. The summed E-state index contributed by atoms with van der Waals surface area (Å²) in [6.45, 7) is 1.12. The zero-order valence-corrected chi connectivity index (χ0v) is 15.9. The second-order valence-electron chi connectivity index (χ2n) is 6.66. The highest BCUT2D eigenvalue weighted by Gasteiger charge is 2.28. The summed E-state index contributed by atoms with van der Waals surface area (Å²) in [6.07, 6.45) is 5.12. The summed E-state index contributed by atoms with van der Waals surface area (Å²) >= 11 is 1.40. The Balaban J connectivity index is 1.45. The fraction of sp³-hybridized carbons (Fsp3) is 0.471. The van der Waals surface area contributed by atoms with E-state index in [9.17, 15) is 13.2 Å². The molecule has 1 aromatic carbocycles. The molecule has 0 bridgehead atoms. The number of piperidine rings is 1. The van der Waals surface area contributed by atoms with Gasteiger partial charge in [-0.05, 0) is 49.9 Å². The van der Waals surface area contributed by atoms with E-state index in [4.69, 9.17) is 0 Å². The molecule has 1 aliphatic carbocycles. The number of carbonyl (C=O) groups excluding carboxylic acids is 1. The predicted molar refractivity (Wildman–Crippen MR) is 98.9 cm³/mol. The molecule has 1 N–H and O–H groups in total. The van der Waals surface area contributed by atoms with Crippen molar-refractivity contribution in [3.63, 3.8) is 0 Å². The van der Waals surface area contributed by atoms with Gasteiger partial charge in [0.2, 0.25) is 15.2 Å². The van der Waals surface area contributed by atoms with E-state index < -0.39 is 10.0 Å². The summed E-state index contributed by atoms with van der Waals surface area (Å²) in [4.78, 5) is 12.6. The van der Waals surface area contributed by atoms with Crippen molar-refractivity contribution in [1.82, 2.24) is 14.5 Å². The molecule has 0 radical (unpaired) electrons. The Kier molecular flexibility index (Phi) is 4.76. The van der Waals surface area contributed by atoms with Crippen LogP contribution in [-0.2, 0) is 10.0 Å². The highest BCUT2D eigenvalue weighted by atomic mass is 32.2. The van der Waals surface area contributed by atoms with Crippen molar-refractivity contribution < 1.29 is 13.2 Å². The average Bonchev–Trinajstić information content (AvgIpc) is 3.42. The van der Waals surface area contributed by atoms with Crippen LogP contribution in [0.15, 0.2) is 29.2 Å². The van der Waals surface area contributed by atoms with Crippen molar-refractivity contribution in [3.05, 3.63) is 34.8 Å². The lowest BCUT2D eigenvalue weighted by atomic mass is 10.2. The Hall–Kier alpha value is -1.84. The largest absolute Gasteiger partial charge is 0.296 e. The minimum atomic E-state index is -3.48. The predicted octanol–water partition coefficient (Wildman–Crippen LogP) is 2.84. The van der Waals surface area contributed by atoms with Crippen molar-refractivity contribution in [2.75, 3.05) is 18.4 Å². The van der Waals surface area contributed by atoms with Crippen LogP contribution in [0.3, 0.4) is 0 Å². The van der Waals surface area contributed by atoms with Gasteiger partial charge in [-0.15, -0.1) is 10.2 Å². The summed E-state index contributed by atoms with van der Waals surface area (Å²) in [6, 6.07) is 6.06. The Labute approximate surface area is 156 Å². The van der Waals surface area contributed by atoms with Crippen molar-refractivity contribution >= 4 is 32.4 Å². The zero-order valence-electron chi connectivity index (χ0n) is 14.2. The maximum atomic E-state index is 12.6. The van der Waals surface area contributed by atoms with Gasteiger partial charge in [-0.1, -0.05) is 17.8 Å². The lowest BCUT2D eigenvalue weighted by Gasteiger charge is -2.25. The van der Waals surface area contributed by atoms with E-state index >= 15 is 0 Å². The van der Waals surface area contributed by atoms with Gasteiger partial charge in [0.05, 0.1) is 4.90 Å². The third kappa shape index (κ3) is 3.65. The number of anilines is 1. The molecule has 1 saturated heterocycles. The Morgan fingerprint density at radius 1 is 1.08 bits per heavy atom. The van der Waals surface area contributed by atoms with Gasteiger partial charge >= 0.3 is 0 Å². The van der Waals surface area contributed by atoms with Crippen molar-refractivity contribution in [3.8, 4) is 0 Å². The quantitative estimate of drug-likeness (QED) is 0.845. The number of hydrogen-bond acceptors (Lipinski definition) is 6. The Morgan fingerprint density at radius 2 is 1.77 bits per heavy atom. The second kappa shape index (κ2) is 7.05. The molecule has 0 unspecified atom stereocenters. The summed E-state index contributed by atoms with van der Waals surface area (Å²) in [5, 5.41) is 12.3. The number of sulfonamides is 1. The molecule has 2 heterocycles. The summed E-state index contributed by atoms with van der Waals surface area (Å²) in [5.74, 6) is 0.183. The van der Waals surface area contributed by atoms with Crippen LogP contribution in [-0.4, -0.2) is 41.9 Å². The van der Waals surface area contributed by atoms with Crippen LogP contribution in [0.5, 0.6) is 0 Å². The molecule has 2 aliphatic rings. The lowest BCUT2D eigenvalue weighted by molar-refractivity contribution is 0.102. The van der Waals surface area contributed by atoms with Gasteiger partial charge in [0, 0.05) is 24.6 Å². The number of aromatic nitrogens is 2. The lowest BCUT2D eigenvalue weighted by Crippen LogP contribution is -2.35. The van der Waals surface area contributed by atoms with Gasteiger partial charge in [-0.25, -0.2) is 8.42 Å². The average molecular weight is 393 g/mol. The molecule has 7 nitrogen and oxygen atoms in total. The van der Waals surface area contributed by atoms with Crippen LogP contribution in [0.2, 0.25) is 0 Å². The first-order valence-electron chi connectivity index (χ1n) is 8.79. The first-order chi connectivity index (χ1) is 12.5. The smallest absolute Gasteiger partial charge is 0.257 e. The normalized spacial score (nSPS) is 18.6. The van der Waals surface area contributed by atoms with Gasteiger partial charge in [-0.3, -0.25) is 10.1 Å². The zero-order chi connectivity index (χ0) is 18.1. The topological polar surface area (TPSA) is 92.3 Å². The van der Waals surface area contributed by atoms with E-state index in [0.717, 1.165) is 37.1 Å². The Morgan fingerprint density at radius 3 is 2.42 bits per heavy atom. The molecule has 4 rings (SSSR count). The molecule has 1 amide bonds. The summed E-state index contributed by atoms with van der Waals surface area (Å²) in [7, 11) is -3.48. The number of benzene rings is 1. The number of nitrogens with zero attached hydrogens (tertiary/aromatic N) is 3. The molecular weight excluding hydrogens is 372 g/mol. The van der Waals surface area contributed by atoms with Gasteiger partial charge in [-0.2, -0.15) is 4.31 Å². The molecule has 1 saturated carbocycles. The molecular formula is C17H20N4O3S2. The van der Waals surface area contributed by atoms with Gasteiger partial charge < -0.3 is 0 Å². The van der Waals surface area contributed by atoms with E-state index in [1.807, 2.05) is 0 Å². The van der Waals surface area contributed by atoms with Crippen LogP contribution in [0.25, 0.3) is 0 Å². The summed E-state index contributed by atoms with van der Waals surface area (Å²) in [5.41, 5.74) is 0.394. The van der Waals surface area contributed by atoms with Crippen LogP contribution in [0.1, 0.15) is 53.4 Å². The van der Waals surface area contributed by atoms with Crippen LogP contribution in [0.4, 0.5) is 5.13 Å². The first-order valence-corrected chi connectivity index (χ1v) is 11.0. The van der Waals surface area contributed by atoms with E-state index in [-0.39, 0.29) is 10.8 Å². The van der Waals surface area contributed by atoms with Gasteiger partial charge in [0.15, 0.2) is 0 Å². The third-order valence-corrected chi connectivity index (χ3v) is 7.57. The molecule has 1 aliphatic heterocycles.